The topological polar surface area (TPSA) is 37.3 Å². The third-order valence-electron chi connectivity index (χ3n) is 3.76. The zero-order valence-electron chi connectivity index (χ0n) is 13.6. The fourth-order valence-corrected chi connectivity index (χ4v) is 2.36. The Bertz CT molecular complexity index is 684. The maximum Gasteiger partial charge on any atom is 0.328 e. The smallest absolute Gasteiger partial charge is 0.328 e. The highest BCUT2D eigenvalue weighted by molar-refractivity contribution is 5.89. The lowest BCUT2D eigenvalue weighted by molar-refractivity contribution is -0.131. The van der Waals surface area contributed by atoms with Gasteiger partial charge in [-0.1, -0.05) is 69.3 Å². The van der Waals surface area contributed by atoms with Crippen LogP contribution in [0, 0.1) is 0 Å². The fraction of sp³-hybridized carbons (Fsp3) is 0.250. The highest BCUT2D eigenvalue weighted by Crippen LogP contribution is 2.27. The Hall–Kier alpha value is -2.35. The zero-order valence-corrected chi connectivity index (χ0v) is 13.6. The minimum atomic E-state index is -0.917. The second-order valence-corrected chi connectivity index (χ2v) is 6.57. The molecule has 0 heterocycles. The molecule has 0 saturated carbocycles. The number of carboxylic acids is 1. The van der Waals surface area contributed by atoms with Crippen LogP contribution in [0.3, 0.4) is 0 Å². The van der Waals surface area contributed by atoms with Crippen LogP contribution in [0.4, 0.5) is 0 Å². The maximum atomic E-state index is 10.7. The van der Waals surface area contributed by atoms with Crippen molar-refractivity contribution in [3.8, 4) is 11.1 Å². The van der Waals surface area contributed by atoms with Crippen molar-refractivity contribution < 1.29 is 9.90 Å². The van der Waals surface area contributed by atoms with Gasteiger partial charge in [0.2, 0.25) is 0 Å². The molecule has 2 aromatic carbocycles. The summed E-state index contributed by atoms with van der Waals surface area (Å²) < 4.78 is 0. The molecule has 0 aliphatic heterocycles. The quantitative estimate of drug-likeness (QED) is 0.796. The predicted octanol–water partition coefficient (Wildman–Crippen LogP) is 5.14. The Morgan fingerprint density at radius 2 is 1.36 bits per heavy atom. The molecular formula is C20H22O2. The van der Waals surface area contributed by atoms with E-state index in [2.05, 4.69) is 45.0 Å². The first-order valence-corrected chi connectivity index (χ1v) is 7.40. The van der Waals surface area contributed by atoms with Gasteiger partial charge in [0.25, 0.3) is 0 Å². The van der Waals surface area contributed by atoms with Gasteiger partial charge in [0.1, 0.15) is 0 Å². The lowest BCUT2D eigenvalue weighted by Crippen LogP contribution is -2.10. The van der Waals surface area contributed by atoms with E-state index in [1.807, 2.05) is 24.3 Å². The molecule has 2 rings (SSSR count). The average Bonchev–Trinajstić information content (AvgIpc) is 2.46. The summed E-state index contributed by atoms with van der Waals surface area (Å²) in [7, 11) is 0. The van der Waals surface area contributed by atoms with Gasteiger partial charge in [-0.3, -0.25) is 0 Å². The molecule has 0 saturated heterocycles. The molecule has 0 bridgehead atoms. The first kappa shape index (κ1) is 16.0. The molecule has 0 amide bonds. The lowest BCUT2D eigenvalue weighted by atomic mass is 9.86. The third kappa shape index (κ3) is 3.85. The molecular weight excluding hydrogens is 272 g/mol. The highest BCUT2D eigenvalue weighted by atomic mass is 16.4. The second kappa shape index (κ2) is 6.18. The van der Waals surface area contributed by atoms with Crippen LogP contribution in [0.25, 0.3) is 16.7 Å². The first-order chi connectivity index (χ1) is 10.3. The number of carboxylic acid groups (broad SMARTS) is 1. The van der Waals surface area contributed by atoms with Crippen LogP contribution < -0.4 is 0 Å². The minimum Gasteiger partial charge on any atom is -0.478 e. The van der Waals surface area contributed by atoms with Gasteiger partial charge in [0, 0.05) is 6.08 Å². The van der Waals surface area contributed by atoms with E-state index >= 15 is 0 Å². The van der Waals surface area contributed by atoms with Crippen molar-refractivity contribution in [2.45, 2.75) is 33.1 Å². The number of rotatable bonds is 3. The van der Waals surface area contributed by atoms with Crippen LogP contribution in [0.15, 0.2) is 54.6 Å². The molecule has 0 atom stereocenters. The van der Waals surface area contributed by atoms with Crippen LogP contribution in [-0.4, -0.2) is 11.1 Å². The summed E-state index contributed by atoms with van der Waals surface area (Å²) in [5, 5.41) is 8.79. The van der Waals surface area contributed by atoms with Crippen molar-refractivity contribution in [2.24, 2.45) is 0 Å². The predicted molar refractivity (Wildman–Crippen MR) is 91.9 cm³/mol. The van der Waals surface area contributed by atoms with E-state index < -0.39 is 5.97 Å². The Labute approximate surface area is 132 Å². The van der Waals surface area contributed by atoms with Gasteiger partial charge >= 0.3 is 5.97 Å². The summed E-state index contributed by atoms with van der Waals surface area (Å²) in [6.07, 6.45) is 1.23. The number of carbonyl (C=O) groups is 1. The van der Waals surface area contributed by atoms with Crippen LogP contribution in [-0.2, 0) is 10.2 Å². The van der Waals surface area contributed by atoms with Crippen molar-refractivity contribution in [2.75, 3.05) is 0 Å². The van der Waals surface area contributed by atoms with Crippen molar-refractivity contribution in [1.82, 2.24) is 0 Å². The molecule has 0 aliphatic rings. The van der Waals surface area contributed by atoms with Crippen LogP contribution in [0.5, 0.6) is 0 Å². The van der Waals surface area contributed by atoms with Crippen LogP contribution in [0.1, 0.15) is 38.8 Å². The minimum absolute atomic E-state index is 0.154. The number of allylic oxidation sites excluding steroid dienone is 1. The van der Waals surface area contributed by atoms with Gasteiger partial charge in [-0.15, -0.1) is 0 Å². The van der Waals surface area contributed by atoms with Crippen LogP contribution >= 0.6 is 0 Å². The van der Waals surface area contributed by atoms with E-state index in [0.717, 1.165) is 16.7 Å². The van der Waals surface area contributed by atoms with Gasteiger partial charge in [0.15, 0.2) is 0 Å². The van der Waals surface area contributed by atoms with E-state index in [4.69, 9.17) is 5.11 Å². The number of benzene rings is 2. The van der Waals surface area contributed by atoms with E-state index in [9.17, 15) is 4.79 Å². The van der Waals surface area contributed by atoms with Crippen molar-refractivity contribution in [1.29, 1.82) is 0 Å². The summed E-state index contributed by atoms with van der Waals surface area (Å²) in [5.74, 6) is -0.917. The molecule has 2 heteroatoms. The summed E-state index contributed by atoms with van der Waals surface area (Å²) in [6.45, 7) is 8.42. The zero-order chi connectivity index (χ0) is 16.3. The number of hydrogen-bond donors (Lipinski definition) is 1. The number of aliphatic carboxylic acids is 1. The van der Waals surface area contributed by atoms with E-state index in [-0.39, 0.29) is 5.41 Å². The average molecular weight is 294 g/mol. The Balaban J connectivity index is 2.26. The van der Waals surface area contributed by atoms with Gasteiger partial charge < -0.3 is 5.11 Å². The Morgan fingerprint density at radius 1 is 0.909 bits per heavy atom. The maximum absolute atomic E-state index is 10.7. The number of hydrogen-bond acceptors (Lipinski definition) is 1. The largest absolute Gasteiger partial charge is 0.478 e. The molecule has 0 fully saturated rings. The molecule has 2 nitrogen and oxygen atoms in total. The van der Waals surface area contributed by atoms with E-state index in [1.165, 1.54) is 17.2 Å². The molecule has 0 spiro atoms. The first-order valence-electron chi connectivity index (χ1n) is 7.40. The Morgan fingerprint density at radius 3 is 1.77 bits per heavy atom. The summed E-state index contributed by atoms with van der Waals surface area (Å²) in [4.78, 5) is 10.7. The van der Waals surface area contributed by atoms with Gasteiger partial charge in [-0.25, -0.2) is 4.79 Å². The summed E-state index contributed by atoms with van der Waals surface area (Å²) >= 11 is 0. The van der Waals surface area contributed by atoms with E-state index in [0.29, 0.717) is 0 Å². The fourth-order valence-electron chi connectivity index (χ4n) is 2.36. The molecule has 0 unspecified atom stereocenters. The lowest BCUT2D eigenvalue weighted by Gasteiger charge is -2.19. The molecule has 114 valence electrons. The molecule has 0 radical (unpaired) electrons. The molecule has 0 aromatic heterocycles. The molecule has 2 aromatic rings. The molecule has 0 aliphatic carbocycles. The van der Waals surface area contributed by atoms with Crippen LogP contribution in [0.2, 0.25) is 0 Å². The summed E-state index contributed by atoms with van der Waals surface area (Å²) in [6, 6.07) is 16.6. The Kier molecular flexibility index (Phi) is 4.51. The monoisotopic (exact) mass is 294 g/mol. The highest BCUT2D eigenvalue weighted by Gasteiger charge is 2.13. The normalized spacial score (nSPS) is 12.3. The SMILES string of the molecule is CC(=CC(=O)O)c1ccc(-c2ccc(C(C)(C)C)cc2)cc1. The molecule has 22 heavy (non-hydrogen) atoms. The van der Waals surface area contributed by atoms with Gasteiger partial charge in [-0.2, -0.15) is 0 Å². The van der Waals surface area contributed by atoms with Crippen molar-refractivity contribution in [3.05, 3.63) is 65.7 Å². The third-order valence-corrected chi connectivity index (χ3v) is 3.76. The van der Waals surface area contributed by atoms with Crippen molar-refractivity contribution in [3.63, 3.8) is 0 Å². The van der Waals surface area contributed by atoms with Gasteiger partial charge in [-0.05, 0) is 40.2 Å². The second-order valence-electron chi connectivity index (χ2n) is 6.57. The van der Waals surface area contributed by atoms with E-state index in [1.54, 1.807) is 6.92 Å². The summed E-state index contributed by atoms with van der Waals surface area (Å²) in [5.41, 5.74) is 5.45. The van der Waals surface area contributed by atoms with Gasteiger partial charge in [0.05, 0.1) is 0 Å². The standard InChI is InChI=1S/C20H22O2/c1-14(13-19(21)22)15-5-7-16(8-6-15)17-9-11-18(12-10-17)20(2,3)4/h5-13H,1-4H3,(H,21,22). The van der Waals surface area contributed by atoms with Crippen molar-refractivity contribution >= 4 is 11.5 Å². The molecule has 1 N–H and O–H groups in total.